The van der Waals surface area contributed by atoms with Gasteiger partial charge in [0.15, 0.2) is 0 Å². The molecule has 0 bridgehead atoms. The Labute approximate surface area is 123 Å². The van der Waals surface area contributed by atoms with Gasteiger partial charge in [0.05, 0.1) is 6.42 Å². The van der Waals surface area contributed by atoms with Crippen molar-refractivity contribution in [3.8, 4) is 0 Å². The quantitative estimate of drug-likeness (QED) is 0.924. The number of carboxylic acids is 1. The van der Waals surface area contributed by atoms with E-state index in [-0.39, 0.29) is 6.42 Å². The molecule has 1 aliphatic carbocycles. The van der Waals surface area contributed by atoms with Crippen LogP contribution in [0.3, 0.4) is 0 Å². The molecular formula is C17H15ClO2. The third kappa shape index (κ3) is 2.10. The minimum atomic E-state index is -0.767. The molecule has 1 atom stereocenters. The van der Waals surface area contributed by atoms with Crippen LogP contribution in [0.25, 0.3) is 0 Å². The zero-order valence-electron chi connectivity index (χ0n) is 11.0. The van der Waals surface area contributed by atoms with Crippen molar-refractivity contribution in [3.63, 3.8) is 0 Å². The molecule has 0 saturated carbocycles. The van der Waals surface area contributed by atoms with Gasteiger partial charge in [-0.15, -0.1) is 0 Å². The highest BCUT2D eigenvalue weighted by Gasteiger charge is 2.41. The van der Waals surface area contributed by atoms with Crippen molar-refractivity contribution in [2.75, 3.05) is 0 Å². The predicted octanol–water partition coefficient (Wildman–Crippen LogP) is 4.05. The molecule has 2 aromatic carbocycles. The van der Waals surface area contributed by atoms with E-state index in [1.54, 1.807) is 0 Å². The fourth-order valence-electron chi connectivity index (χ4n) is 3.30. The molecule has 0 spiro atoms. The first-order valence-corrected chi connectivity index (χ1v) is 7.06. The molecular weight excluding hydrogens is 272 g/mol. The van der Waals surface area contributed by atoms with Crippen molar-refractivity contribution < 1.29 is 9.90 Å². The summed E-state index contributed by atoms with van der Waals surface area (Å²) in [6.45, 7) is 0. The minimum absolute atomic E-state index is 0.117. The number of hydrogen-bond acceptors (Lipinski definition) is 1. The van der Waals surface area contributed by atoms with Crippen LogP contribution in [-0.2, 0) is 16.6 Å². The van der Waals surface area contributed by atoms with Crippen molar-refractivity contribution >= 4 is 17.6 Å². The van der Waals surface area contributed by atoms with Crippen LogP contribution in [-0.4, -0.2) is 11.1 Å². The summed E-state index contributed by atoms with van der Waals surface area (Å²) in [5, 5.41) is 10.0. The van der Waals surface area contributed by atoms with E-state index in [1.165, 1.54) is 5.56 Å². The van der Waals surface area contributed by atoms with Crippen LogP contribution < -0.4 is 0 Å². The Kier molecular flexibility index (Phi) is 3.27. The molecule has 0 aromatic heterocycles. The van der Waals surface area contributed by atoms with E-state index >= 15 is 0 Å². The van der Waals surface area contributed by atoms with Crippen LogP contribution in [0.4, 0.5) is 0 Å². The summed E-state index contributed by atoms with van der Waals surface area (Å²) >= 11 is 5.95. The maximum atomic E-state index is 11.4. The Morgan fingerprint density at radius 3 is 2.55 bits per heavy atom. The van der Waals surface area contributed by atoms with E-state index < -0.39 is 11.4 Å². The highest BCUT2D eigenvalue weighted by atomic mass is 35.5. The Hall–Kier alpha value is -1.80. The van der Waals surface area contributed by atoms with E-state index in [4.69, 9.17) is 11.6 Å². The summed E-state index contributed by atoms with van der Waals surface area (Å²) < 4.78 is 0. The lowest BCUT2D eigenvalue weighted by molar-refractivity contribution is -0.138. The highest BCUT2D eigenvalue weighted by molar-refractivity contribution is 6.30. The summed E-state index contributed by atoms with van der Waals surface area (Å²) in [4.78, 5) is 11.4. The standard InChI is InChI=1S/C17H15ClO2/c18-14-7-5-13(6-8-14)17(11-16(19)20)10-9-12-3-1-2-4-15(12)17/h1-8H,9-11H2,(H,19,20). The van der Waals surface area contributed by atoms with E-state index in [0.717, 1.165) is 24.0 Å². The first-order valence-electron chi connectivity index (χ1n) is 6.68. The Morgan fingerprint density at radius 1 is 1.15 bits per heavy atom. The second kappa shape index (κ2) is 4.95. The van der Waals surface area contributed by atoms with Crippen molar-refractivity contribution in [1.82, 2.24) is 0 Å². The van der Waals surface area contributed by atoms with E-state index in [9.17, 15) is 9.90 Å². The molecule has 2 nitrogen and oxygen atoms in total. The van der Waals surface area contributed by atoms with Gasteiger partial charge >= 0.3 is 5.97 Å². The molecule has 1 N–H and O–H groups in total. The van der Waals surface area contributed by atoms with Crippen LogP contribution in [0, 0.1) is 0 Å². The van der Waals surface area contributed by atoms with Gasteiger partial charge in [-0.25, -0.2) is 0 Å². The zero-order valence-corrected chi connectivity index (χ0v) is 11.7. The highest BCUT2D eigenvalue weighted by Crippen LogP contribution is 2.46. The molecule has 0 radical (unpaired) electrons. The van der Waals surface area contributed by atoms with Crippen molar-refractivity contribution in [1.29, 1.82) is 0 Å². The topological polar surface area (TPSA) is 37.3 Å². The fourth-order valence-corrected chi connectivity index (χ4v) is 3.43. The monoisotopic (exact) mass is 286 g/mol. The van der Waals surface area contributed by atoms with Crippen LogP contribution in [0.5, 0.6) is 0 Å². The summed E-state index contributed by atoms with van der Waals surface area (Å²) in [5.41, 5.74) is 3.01. The number of rotatable bonds is 3. The molecule has 0 amide bonds. The first-order chi connectivity index (χ1) is 9.62. The lowest BCUT2D eigenvalue weighted by atomic mass is 9.73. The largest absolute Gasteiger partial charge is 0.481 e. The maximum Gasteiger partial charge on any atom is 0.304 e. The van der Waals surface area contributed by atoms with E-state index in [2.05, 4.69) is 12.1 Å². The number of hydrogen-bond donors (Lipinski definition) is 1. The average molecular weight is 287 g/mol. The lowest BCUT2D eigenvalue weighted by Crippen LogP contribution is -2.28. The third-order valence-electron chi connectivity index (χ3n) is 4.20. The summed E-state index contributed by atoms with van der Waals surface area (Å²) in [7, 11) is 0. The van der Waals surface area contributed by atoms with Crippen LogP contribution in [0.15, 0.2) is 48.5 Å². The minimum Gasteiger partial charge on any atom is -0.481 e. The number of fused-ring (bicyclic) bond motifs is 1. The number of benzene rings is 2. The van der Waals surface area contributed by atoms with Gasteiger partial charge in [-0.05, 0) is 41.7 Å². The zero-order chi connectivity index (χ0) is 14.2. The molecule has 1 unspecified atom stereocenters. The molecule has 0 aliphatic heterocycles. The Morgan fingerprint density at radius 2 is 1.85 bits per heavy atom. The molecule has 1 aliphatic rings. The average Bonchev–Trinajstić information content (AvgIpc) is 2.79. The third-order valence-corrected chi connectivity index (χ3v) is 4.46. The summed E-state index contributed by atoms with van der Waals surface area (Å²) in [6, 6.07) is 15.7. The van der Waals surface area contributed by atoms with Gasteiger partial charge in [-0.3, -0.25) is 4.79 Å². The second-order valence-electron chi connectivity index (χ2n) is 5.32. The number of aryl methyl sites for hydroxylation is 1. The van der Waals surface area contributed by atoms with Crippen molar-refractivity contribution in [2.45, 2.75) is 24.7 Å². The van der Waals surface area contributed by atoms with Gasteiger partial charge in [0, 0.05) is 10.4 Å². The smallest absolute Gasteiger partial charge is 0.304 e. The summed E-state index contributed by atoms with van der Waals surface area (Å²) in [6.07, 6.45) is 1.87. The van der Waals surface area contributed by atoms with Crippen LogP contribution >= 0.6 is 11.6 Å². The lowest BCUT2D eigenvalue weighted by Gasteiger charge is -2.29. The molecule has 2 aromatic rings. The SMILES string of the molecule is O=C(O)CC1(c2ccc(Cl)cc2)CCc2ccccc21. The predicted molar refractivity (Wildman–Crippen MR) is 79.2 cm³/mol. The normalized spacial score (nSPS) is 20.6. The van der Waals surface area contributed by atoms with Gasteiger partial charge in [0.1, 0.15) is 0 Å². The Balaban J connectivity index is 2.16. The van der Waals surface area contributed by atoms with Gasteiger partial charge in [-0.1, -0.05) is 48.0 Å². The molecule has 3 rings (SSSR count). The van der Waals surface area contributed by atoms with Gasteiger partial charge in [0.2, 0.25) is 0 Å². The molecule has 102 valence electrons. The first kappa shape index (κ1) is 13.2. The maximum absolute atomic E-state index is 11.4. The fraction of sp³-hybridized carbons (Fsp3) is 0.235. The van der Waals surface area contributed by atoms with E-state index in [0.29, 0.717) is 5.02 Å². The van der Waals surface area contributed by atoms with Crippen LogP contribution in [0.2, 0.25) is 5.02 Å². The molecule has 20 heavy (non-hydrogen) atoms. The number of carbonyl (C=O) groups is 1. The Bertz CT molecular complexity index is 648. The molecule has 0 fully saturated rings. The number of carboxylic acid groups (broad SMARTS) is 1. The van der Waals surface area contributed by atoms with Gasteiger partial charge < -0.3 is 5.11 Å². The second-order valence-corrected chi connectivity index (χ2v) is 5.75. The molecule has 3 heteroatoms. The van der Waals surface area contributed by atoms with Crippen molar-refractivity contribution in [2.24, 2.45) is 0 Å². The summed E-state index contributed by atoms with van der Waals surface area (Å²) in [5.74, 6) is -0.767. The number of aliphatic carboxylic acids is 1. The van der Waals surface area contributed by atoms with Crippen LogP contribution in [0.1, 0.15) is 29.5 Å². The molecule has 0 heterocycles. The number of halogens is 1. The van der Waals surface area contributed by atoms with Gasteiger partial charge in [0.25, 0.3) is 0 Å². The van der Waals surface area contributed by atoms with E-state index in [1.807, 2.05) is 36.4 Å². The van der Waals surface area contributed by atoms with Gasteiger partial charge in [-0.2, -0.15) is 0 Å². The van der Waals surface area contributed by atoms with Crippen molar-refractivity contribution in [3.05, 3.63) is 70.2 Å². The molecule has 0 saturated heterocycles.